The molecule has 0 aliphatic heterocycles. The third-order valence-corrected chi connectivity index (χ3v) is 4.31. The highest BCUT2D eigenvalue weighted by atomic mass is 32.2. The van der Waals surface area contributed by atoms with Crippen LogP contribution in [0, 0.1) is 11.6 Å². The summed E-state index contributed by atoms with van der Waals surface area (Å²) >= 11 is 2.83. The van der Waals surface area contributed by atoms with Crippen molar-refractivity contribution in [2.24, 2.45) is 0 Å². The van der Waals surface area contributed by atoms with Crippen LogP contribution in [0.5, 0.6) is 0 Å². The van der Waals surface area contributed by atoms with Gasteiger partial charge < -0.3 is 4.52 Å². The van der Waals surface area contributed by atoms with Gasteiger partial charge in [0.2, 0.25) is 0 Å². The zero-order chi connectivity index (χ0) is 13.9. The number of halogens is 2. The first-order valence-corrected chi connectivity index (χ1v) is 7.53. The van der Waals surface area contributed by atoms with Gasteiger partial charge in [0.05, 0.1) is 10.6 Å². The normalized spacial score (nSPS) is 10.9. The zero-order valence-corrected chi connectivity index (χ0v) is 11.7. The molecule has 0 radical (unpaired) electrons. The van der Waals surface area contributed by atoms with Crippen LogP contribution in [0.2, 0.25) is 0 Å². The number of hydrogen-bond donors (Lipinski definition) is 0. The molecule has 3 rings (SSSR count). The molecule has 20 heavy (non-hydrogen) atoms. The minimum absolute atomic E-state index is 0.431. The fourth-order valence-corrected chi connectivity index (χ4v) is 2.94. The summed E-state index contributed by atoms with van der Waals surface area (Å²) in [7, 11) is 0. The molecular formula is C13H8F2N2OS2. The van der Waals surface area contributed by atoms with Gasteiger partial charge >= 0.3 is 0 Å². The number of nitrogens with zero attached hydrogens (tertiary/aromatic N) is 2. The molecule has 2 aromatic heterocycles. The lowest BCUT2D eigenvalue weighted by Gasteiger charge is -1.99. The lowest BCUT2D eigenvalue weighted by atomic mass is 10.3. The predicted octanol–water partition coefficient (Wildman–Crippen LogP) is 4.37. The van der Waals surface area contributed by atoms with Crippen LogP contribution in [0.25, 0.3) is 10.8 Å². The summed E-state index contributed by atoms with van der Waals surface area (Å²) in [5, 5.41) is 5.78. The highest BCUT2D eigenvalue weighted by molar-refractivity contribution is 7.98. The van der Waals surface area contributed by atoms with Crippen molar-refractivity contribution in [3.63, 3.8) is 0 Å². The van der Waals surface area contributed by atoms with Crippen molar-refractivity contribution in [1.82, 2.24) is 10.1 Å². The van der Waals surface area contributed by atoms with E-state index in [9.17, 15) is 8.78 Å². The van der Waals surface area contributed by atoms with Gasteiger partial charge in [0.15, 0.2) is 17.5 Å². The first-order valence-electron chi connectivity index (χ1n) is 5.67. The van der Waals surface area contributed by atoms with Gasteiger partial charge in [-0.2, -0.15) is 4.98 Å². The molecule has 0 atom stereocenters. The maximum atomic E-state index is 13.1. The number of hydrogen-bond acceptors (Lipinski definition) is 5. The first kappa shape index (κ1) is 13.3. The summed E-state index contributed by atoms with van der Waals surface area (Å²) in [4.78, 5) is 5.77. The molecule has 102 valence electrons. The Morgan fingerprint density at radius 1 is 1.20 bits per heavy atom. The summed E-state index contributed by atoms with van der Waals surface area (Å²) in [6, 6.07) is 7.57. The molecule has 0 bridgehead atoms. The van der Waals surface area contributed by atoms with Crippen LogP contribution < -0.4 is 0 Å². The second-order valence-corrected chi connectivity index (χ2v) is 5.85. The Labute approximate surface area is 121 Å². The van der Waals surface area contributed by atoms with E-state index in [4.69, 9.17) is 4.52 Å². The second-order valence-electron chi connectivity index (χ2n) is 3.86. The van der Waals surface area contributed by atoms with E-state index in [2.05, 4.69) is 10.1 Å². The molecular weight excluding hydrogens is 302 g/mol. The highest BCUT2D eigenvalue weighted by Crippen LogP contribution is 2.26. The predicted molar refractivity (Wildman–Crippen MR) is 73.5 cm³/mol. The maximum Gasteiger partial charge on any atom is 0.268 e. The highest BCUT2D eigenvalue weighted by Gasteiger charge is 2.10. The Hall–Kier alpha value is -1.73. The van der Waals surface area contributed by atoms with Gasteiger partial charge in [0.25, 0.3) is 5.89 Å². The molecule has 1 aromatic carbocycles. The van der Waals surface area contributed by atoms with E-state index >= 15 is 0 Å². The van der Waals surface area contributed by atoms with Gasteiger partial charge in [-0.25, -0.2) is 8.78 Å². The molecule has 0 N–H and O–H groups in total. The van der Waals surface area contributed by atoms with Crippen molar-refractivity contribution in [1.29, 1.82) is 0 Å². The summed E-state index contributed by atoms with van der Waals surface area (Å²) in [5.41, 5.74) is 0. The molecule has 7 heteroatoms. The van der Waals surface area contributed by atoms with Crippen LogP contribution in [0.4, 0.5) is 8.78 Å². The van der Waals surface area contributed by atoms with E-state index in [0.29, 0.717) is 22.4 Å². The van der Waals surface area contributed by atoms with Gasteiger partial charge in [-0.1, -0.05) is 11.2 Å². The van der Waals surface area contributed by atoms with Crippen LogP contribution in [-0.2, 0) is 5.75 Å². The van der Waals surface area contributed by atoms with E-state index in [-0.39, 0.29) is 0 Å². The van der Waals surface area contributed by atoms with Crippen LogP contribution in [0.3, 0.4) is 0 Å². The monoisotopic (exact) mass is 310 g/mol. The quantitative estimate of drug-likeness (QED) is 0.671. The Morgan fingerprint density at radius 2 is 2.10 bits per heavy atom. The topological polar surface area (TPSA) is 38.9 Å². The number of thioether (sulfide) groups is 1. The minimum atomic E-state index is -0.859. The molecule has 0 saturated heterocycles. The molecule has 0 aliphatic rings. The lowest BCUT2D eigenvalue weighted by molar-refractivity contribution is 0.426. The van der Waals surface area contributed by atoms with Crippen LogP contribution in [0.1, 0.15) is 5.82 Å². The molecule has 0 aliphatic carbocycles. The molecule has 2 heterocycles. The third kappa shape index (κ3) is 2.88. The Balaban J connectivity index is 1.68. The largest absolute Gasteiger partial charge is 0.333 e. The SMILES string of the molecule is Fc1ccc(SCc2noc(-c3cccs3)n2)cc1F. The summed E-state index contributed by atoms with van der Waals surface area (Å²) in [5.74, 6) is -0.291. The fraction of sp³-hybridized carbons (Fsp3) is 0.0769. The molecule has 0 amide bonds. The van der Waals surface area contributed by atoms with Crippen molar-refractivity contribution in [3.05, 3.63) is 53.2 Å². The molecule has 3 aromatic rings. The van der Waals surface area contributed by atoms with Gasteiger partial charge in [0, 0.05) is 4.90 Å². The Morgan fingerprint density at radius 3 is 2.85 bits per heavy atom. The fourth-order valence-electron chi connectivity index (χ4n) is 1.53. The summed E-state index contributed by atoms with van der Waals surface area (Å²) in [6.45, 7) is 0. The number of rotatable bonds is 4. The smallest absolute Gasteiger partial charge is 0.268 e. The van der Waals surface area contributed by atoms with Crippen molar-refractivity contribution in [2.45, 2.75) is 10.6 Å². The standard InChI is InChI=1S/C13H8F2N2OS2/c14-9-4-3-8(6-10(9)15)20-7-12-16-13(18-17-12)11-2-1-5-19-11/h1-6H,7H2. The summed E-state index contributed by atoms with van der Waals surface area (Å²) < 4.78 is 31.0. The number of benzene rings is 1. The average Bonchev–Trinajstić information content (AvgIpc) is 3.09. The maximum absolute atomic E-state index is 13.1. The summed E-state index contributed by atoms with van der Waals surface area (Å²) in [6.07, 6.45) is 0. The van der Waals surface area contributed by atoms with E-state index < -0.39 is 11.6 Å². The molecule has 0 spiro atoms. The third-order valence-electron chi connectivity index (χ3n) is 2.46. The van der Waals surface area contributed by atoms with Crippen LogP contribution >= 0.6 is 23.1 Å². The first-order chi connectivity index (χ1) is 9.72. The Bertz CT molecular complexity index is 713. The van der Waals surface area contributed by atoms with Gasteiger partial charge in [-0.05, 0) is 29.6 Å². The van der Waals surface area contributed by atoms with Crippen molar-refractivity contribution in [2.75, 3.05) is 0 Å². The molecule has 0 saturated carbocycles. The van der Waals surface area contributed by atoms with Crippen LogP contribution in [-0.4, -0.2) is 10.1 Å². The van der Waals surface area contributed by atoms with Gasteiger partial charge in [-0.15, -0.1) is 23.1 Å². The van der Waals surface area contributed by atoms with Gasteiger partial charge in [-0.3, -0.25) is 0 Å². The number of thiophene rings is 1. The molecule has 0 fully saturated rings. The second kappa shape index (κ2) is 5.72. The molecule has 3 nitrogen and oxygen atoms in total. The van der Waals surface area contributed by atoms with E-state index in [0.717, 1.165) is 17.0 Å². The van der Waals surface area contributed by atoms with E-state index in [1.807, 2.05) is 17.5 Å². The number of aromatic nitrogens is 2. The van der Waals surface area contributed by atoms with Crippen LogP contribution in [0.15, 0.2) is 45.1 Å². The lowest BCUT2D eigenvalue weighted by Crippen LogP contribution is -1.86. The molecule has 0 unspecified atom stereocenters. The van der Waals surface area contributed by atoms with E-state index in [1.54, 1.807) is 0 Å². The van der Waals surface area contributed by atoms with Crippen molar-refractivity contribution in [3.8, 4) is 10.8 Å². The van der Waals surface area contributed by atoms with Gasteiger partial charge in [0.1, 0.15) is 0 Å². The minimum Gasteiger partial charge on any atom is -0.333 e. The van der Waals surface area contributed by atoms with E-state index in [1.165, 1.54) is 29.2 Å². The zero-order valence-electron chi connectivity index (χ0n) is 10.0. The van der Waals surface area contributed by atoms with Crippen molar-refractivity contribution < 1.29 is 13.3 Å². The average molecular weight is 310 g/mol. The van der Waals surface area contributed by atoms with Crippen molar-refractivity contribution >= 4 is 23.1 Å². The Kier molecular flexibility index (Phi) is 3.79.